The molecule has 5 atom stereocenters. The maximum atomic E-state index is 13.4. The lowest BCUT2D eigenvalue weighted by molar-refractivity contribution is -0.140. The van der Waals surface area contributed by atoms with Crippen molar-refractivity contribution in [2.45, 2.75) is 83.3 Å². The number of nitrogens with one attached hydrogen (secondary N) is 3. The maximum Gasteiger partial charge on any atom is 0.330 e. The lowest BCUT2D eigenvalue weighted by Gasteiger charge is -2.65. The SMILES string of the molecule is COC(=O)/C=C/CC[C@H](NC(=O)c1cc(Cl)sc1Cl)C(=O)Nc1cccn(CC(=O)NC23CC4CC(C)(C2)C[C@](C)(C4)C3)c1=O. The number of carbonyl (C=O) groups excluding carboxylic acids is 4. The highest BCUT2D eigenvalue weighted by Crippen LogP contribution is 2.66. The summed E-state index contributed by atoms with van der Waals surface area (Å²) in [5.41, 5.74) is -0.266. The van der Waals surface area contributed by atoms with Crippen molar-refractivity contribution in [3.63, 3.8) is 0 Å². The zero-order valence-electron chi connectivity index (χ0n) is 25.5. The van der Waals surface area contributed by atoms with E-state index < -0.39 is 29.4 Å². The van der Waals surface area contributed by atoms with Gasteiger partial charge in [-0.2, -0.15) is 0 Å². The van der Waals surface area contributed by atoms with Crippen LogP contribution in [0.4, 0.5) is 5.69 Å². The first-order valence-electron chi connectivity index (χ1n) is 15.0. The van der Waals surface area contributed by atoms with Crippen LogP contribution in [0.25, 0.3) is 0 Å². The van der Waals surface area contributed by atoms with Crippen LogP contribution in [0.5, 0.6) is 0 Å². The lowest BCUT2D eigenvalue weighted by atomic mass is 9.43. The van der Waals surface area contributed by atoms with E-state index in [9.17, 15) is 24.0 Å². The van der Waals surface area contributed by atoms with Crippen molar-refractivity contribution in [1.82, 2.24) is 15.2 Å². The first kappa shape index (κ1) is 33.2. The van der Waals surface area contributed by atoms with Gasteiger partial charge in [-0.3, -0.25) is 19.2 Å². The minimum absolute atomic E-state index is 0.0360. The van der Waals surface area contributed by atoms with E-state index in [1.807, 2.05) is 0 Å². The van der Waals surface area contributed by atoms with Gasteiger partial charge in [0.05, 0.1) is 17.0 Å². The highest BCUT2D eigenvalue weighted by molar-refractivity contribution is 7.20. The minimum atomic E-state index is -1.09. The number of methoxy groups -OCH3 is 1. The van der Waals surface area contributed by atoms with Gasteiger partial charge in [0.1, 0.15) is 22.6 Å². The zero-order chi connectivity index (χ0) is 32.6. The van der Waals surface area contributed by atoms with E-state index >= 15 is 0 Å². The number of hydrogen-bond acceptors (Lipinski definition) is 7. The van der Waals surface area contributed by atoms with E-state index in [2.05, 4.69) is 34.5 Å². The van der Waals surface area contributed by atoms with Gasteiger partial charge in [0.2, 0.25) is 11.8 Å². The topological polar surface area (TPSA) is 136 Å². The van der Waals surface area contributed by atoms with Gasteiger partial charge in [0.25, 0.3) is 11.5 Å². The number of allylic oxidation sites excluding steroid dienone is 1. The summed E-state index contributed by atoms with van der Waals surface area (Å²) in [4.78, 5) is 64.5. The fourth-order valence-corrected chi connectivity index (χ4v) is 10.0. The predicted molar refractivity (Wildman–Crippen MR) is 174 cm³/mol. The molecule has 2 aromatic rings. The van der Waals surface area contributed by atoms with Crippen LogP contribution < -0.4 is 21.5 Å². The van der Waals surface area contributed by atoms with Gasteiger partial charge in [0, 0.05) is 17.8 Å². The molecule has 4 saturated carbocycles. The number of amides is 3. The third-order valence-corrected chi connectivity index (χ3v) is 10.7. The number of thiophene rings is 1. The van der Waals surface area contributed by atoms with E-state index in [4.69, 9.17) is 23.2 Å². The molecule has 4 bridgehead atoms. The minimum Gasteiger partial charge on any atom is -0.466 e. The van der Waals surface area contributed by atoms with Crippen molar-refractivity contribution in [1.29, 1.82) is 0 Å². The molecule has 13 heteroatoms. The number of pyridine rings is 1. The summed E-state index contributed by atoms with van der Waals surface area (Å²) in [7, 11) is 1.25. The first-order chi connectivity index (χ1) is 21.2. The zero-order valence-corrected chi connectivity index (χ0v) is 27.9. The Balaban J connectivity index is 1.27. The van der Waals surface area contributed by atoms with E-state index in [1.54, 1.807) is 6.07 Å². The number of anilines is 1. The monoisotopic (exact) mass is 676 g/mol. The second-order valence-corrected chi connectivity index (χ2v) is 15.9. The number of ether oxygens (including phenoxy) is 1. The first-order valence-corrected chi connectivity index (χ1v) is 16.6. The van der Waals surface area contributed by atoms with Gasteiger partial charge in [0.15, 0.2) is 0 Å². The van der Waals surface area contributed by atoms with E-state index in [0.29, 0.717) is 10.3 Å². The number of aromatic nitrogens is 1. The predicted octanol–water partition coefficient (Wildman–Crippen LogP) is 5.33. The largest absolute Gasteiger partial charge is 0.466 e. The molecular weight excluding hydrogens is 639 g/mol. The molecule has 6 rings (SSSR count). The molecule has 10 nitrogen and oxygen atoms in total. The Bertz CT molecular complexity index is 1580. The Morgan fingerprint density at radius 3 is 2.47 bits per heavy atom. The molecule has 4 aliphatic rings. The van der Waals surface area contributed by atoms with E-state index in [0.717, 1.165) is 30.6 Å². The molecule has 4 fully saturated rings. The third kappa shape index (κ3) is 7.64. The second-order valence-electron chi connectivity index (χ2n) is 13.6. The third-order valence-electron chi connectivity index (χ3n) is 9.22. The Hall–Kier alpha value is -3.15. The molecule has 45 heavy (non-hydrogen) atoms. The Labute approximate surface area is 275 Å². The number of halogens is 2. The smallest absolute Gasteiger partial charge is 0.330 e. The molecule has 3 amide bonds. The molecular formula is C32H38Cl2N4O6S. The van der Waals surface area contributed by atoms with Crippen molar-refractivity contribution in [2.24, 2.45) is 16.7 Å². The quantitative estimate of drug-likeness (QED) is 0.218. The lowest BCUT2D eigenvalue weighted by Crippen LogP contribution is -2.65. The molecule has 0 aromatic carbocycles. The molecule has 2 heterocycles. The summed E-state index contributed by atoms with van der Waals surface area (Å²) >= 11 is 13.1. The fourth-order valence-electron chi connectivity index (χ4n) is 8.56. The molecule has 3 N–H and O–H groups in total. The van der Waals surface area contributed by atoms with Gasteiger partial charge < -0.3 is 25.3 Å². The molecule has 4 aliphatic carbocycles. The number of carbonyl (C=O) groups is 4. The van der Waals surface area contributed by atoms with Gasteiger partial charge >= 0.3 is 5.97 Å². The van der Waals surface area contributed by atoms with Crippen LogP contribution in [0, 0.1) is 16.7 Å². The summed E-state index contributed by atoms with van der Waals surface area (Å²) in [6.07, 6.45) is 11.1. The van der Waals surface area contributed by atoms with Crippen molar-refractivity contribution in [3.8, 4) is 0 Å². The Morgan fingerprint density at radius 2 is 1.84 bits per heavy atom. The van der Waals surface area contributed by atoms with Crippen LogP contribution in [0.3, 0.4) is 0 Å². The molecule has 0 saturated heterocycles. The summed E-state index contributed by atoms with van der Waals surface area (Å²) in [5, 5.41) is 8.57. The van der Waals surface area contributed by atoms with E-state index in [-0.39, 0.29) is 57.2 Å². The van der Waals surface area contributed by atoms with Gasteiger partial charge in [-0.05, 0) is 86.3 Å². The van der Waals surface area contributed by atoms with E-state index in [1.165, 1.54) is 61.4 Å². The van der Waals surface area contributed by atoms with Crippen LogP contribution >= 0.6 is 34.5 Å². The van der Waals surface area contributed by atoms with Crippen molar-refractivity contribution in [3.05, 3.63) is 61.1 Å². The Kier molecular flexibility index (Phi) is 9.54. The van der Waals surface area contributed by atoms with Crippen molar-refractivity contribution >= 4 is 63.9 Å². The summed E-state index contributed by atoms with van der Waals surface area (Å²) in [6, 6.07) is 3.34. The van der Waals surface area contributed by atoms with Crippen LogP contribution in [-0.2, 0) is 25.7 Å². The molecule has 2 aromatic heterocycles. The fraction of sp³-hybridized carbons (Fsp3) is 0.531. The van der Waals surface area contributed by atoms with Crippen LogP contribution in [0.1, 0.15) is 75.6 Å². The average Bonchev–Trinajstić information content (AvgIpc) is 3.27. The van der Waals surface area contributed by atoms with Gasteiger partial charge in [-0.25, -0.2) is 4.79 Å². The van der Waals surface area contributed by atoms with Crippen LogP contribution in [0.15, 0.2) is 41.3 Å². The van der Waals surface area contributed by atoms with Crippen molar-refractivity contribution in [2.75, 3.05) is 12.4 Å². The highest BCUT2D eigenvalue weighted by atomic mass is 35.5. The van der Waals surface area contributed by atoms with Gasteiger partial charge in [-0.1, -0.05) is 43.1 Å². The number of rotatable bonds is 11. The standard InChI is InChI=1S/C32H38Cl2N4O6S/c1-30-12-19-13-31(2,16-30)18-32(14-19,17-30)37-24(39)15-38-10-6-8-22(29(38)43)36-28(42)21(7-4-5-9-25(40)44-3)35-27(41)20-11-23(33)45-26(20)34/h5-6,8-11,19,21H,4,7,12-18H2,1-3H3,(H,35,41)(H,36,42)(H,37,39)/b9-5+/t19?,21-,30-,31?,32?/m0/s1. The van der Waals surface area contributed by atoms with Gasteiger partial charge in [-0.15, -0.1) is 11.3 Å². The number of esters is 1. The number of nitrogens with zero attached hydrogens (tertiary/aromatic N) is 1. The summed E-state index contributed by atoms with van der Waals surface area (Å²) in [6.45, 7) is 4.49. The molecule has 242 valence electrons. The van der Waals surface area contributed by atoms with Crippen molar-refractivity contribution < 1.29 is 23.9 Å². The molecule has 0 spiro atoms. The normalized spacial score (nSPS) is 27.3. The van der Waals surface area contributed by atoms with Crippen LogP contribution in [0.2, 0.25) is 8.67 Å². The summed E-state index contributed by atoms with van der Waals surface area (Å²) in [5.74, 6) is -1.45. The average molecular weight is 678 g/mol. The summed E-state index contributed by atoms with van der Waals surface area (Å²) < 4.78 is 6.34. The number of hydrogen-bond donors (Lipinski definition) is 3. The van der Waals surface area contributed by atoms with Crippen LogP contribution in [-0.4, -0.2) is 46.9 Å². The highest BCUT2D eigenvalue weighted by Gasteiger charge is 2.60. The second kappa shape index (κ2) is 12.9. The maximum absolute atomic E-state index is 13.4. The molecule has 0 aliphatic heterocycles. The molecule has 0 radical (unpaired) electrons. The Morgan fingerprint density at radius 1 is 1.13 bits per heavy atom. The molecule has 3 unspecified atom stereocenters.